The lowest BCUT2D eigenvalue weighted by Crippen LogP contribution is -2.48. The lowest BCUT2D eigenvalue weighted by molar-refractivity contribution is 0.0966. The van der Waals surface area contributed by atoms with Crippen molar-refractivity contribution < 1.29 is 9.18 Å². The second-order valence-electron chi connectivity index (χ2n) is 6.42. The quantitative estimate of drug-likeness (QED) is 0.376. The highest BCUT2D eigenvalue weighted by Gasteiger charge is 2.41. The smallest absolute Gasteiger partial charge is 0.284 e. The zero-order valence-corrected chi connectivity index (χ0v) is 16.0. The Balaban J connectivity index is 1.63. The maximum absolute atomic E-state index is 14.2. The van der Waals surface area contributed by atoms with Crippen LogP contribution in [0.25, 0.3) is 0 Å². The summed E-state index contributed by atoms with van der Waals surface area (Å²) in [5.74, 6) is -0.495. The van der Waals surface area contributed by atoms with Crippen molar-refractivity contribution in [3.8, 4) is 0 Å². The van der Waals surface area contributed by atoms with E-state index in [1.165, 1.54) is 29.7 Å². The molecule has 0 radical (unpaired) electrons. The number of amides is 1. The molecule has 2 aromatic heterocycles. The molecule has 9 heteroatoms. The molecule has 1 saturated carbocycles. The number of pyridine rings is 1. The average molecular weight is 400 g/mol. The minimum Gasteiger partial charge on any atom is -0.370 e. The van der Waals surface area contributed by atoms with E-state index in [1.807, 2.05) is 0 Å². The molecule has 0 atom stereocenters. The Morgan fingerprint density at radius 3 is 2.86 bits per heavy atom. The van der Waals surface area contributed by atoms with Gasteiger partial charge in [-0.25, -0.2) is 14.4 Å². The van der Waals surface area contributed by atoms with Gasteiger partial charge in [0.2, 0.25) is 0 Å². The predicted octanol–water partition coefficient (Wildman–Crippen LogP) is 2.46. The Hall–Kier alpha value is -3.07. The third kappa shape index (κ3) is 4.42. The second kappa shape index (κ2) is 8.75. The Bertz CT molecular complexity index is 905. The lowest BCUT2D eigenvalue weighted by atomic mass is 9.66. The molecule has 1 fully saturated rings. The zero-order chi connectivity index (χ0) is 20.0. The van der Waals surface area contributed by atoms with E-state index in [0.29, 0.717) is 22.9 Å². The van der Waals surface area contributed by atoms with Crippen LogP contribution >= 0.6 is 11.3 Å². The summed E-state index contributed by atoms with van der Waals surface area (Å²) in [5.41, 5.74) is 6.39. The molecular weight excluding hydrogens is 379 g/mol. The number of hydrogen-bond donors (Lipinski definition) is 3. The number of carbonyl (C=O) groups excluding carboxylic acids is 1. The highest BCUT2D eigenvalue weighted by molar-refractivity contribution is 7.11. The van der Waals surface area contributed by atoms with Crippen LogP contribution < -0.4 is 16.4 Å². The number of thiazole rings is 1. The molecule has 7 nitrogen and oxygen atoms in total. The van der Waals surface area contributed by atoms with E-state index < -0.39 is 0 Å². The van der Waals surface area contributed by atoms with Gasteiger partial charge < -0.3 is 16.4 Å². The predicted molar refractivity (Wildman–Crippen MR) is 107 cm³/mol. The van der Waals surface area contributed by atoms with Gasteiger partial charge in [-0.15, -0.1) is 11.3 Å². The van der Waals surface area contributed by atoms with Gasteiger partial charge in [0.15, 0.2) is 11.0 Å². The van der Waals surface area contributed by atoms with Crippen molar-refractivity contribution in [2.45, 2.75) is 24.7 Å². The van der Waals surface area contributed by atoms with Crippen molar-refractivity contribution >= 4 is 23.2 Å². The topological polar surface area (TPSA) is 105 Å². The van der Waals surface area contributed by atoms with Crippen LogP contribution in [0.3, 0.4) is 0 Å². The van der Waals surface area contributed by atoms with Crippen LogP contribution in [0.1, 0.15) is 34.8 Å². The highest BCUT2D eigenvalue weighted by Crippen LogP contribution is 2.43. The number of nitrogens with zero attached hydrogens (tertiary/aromatic N) is 3. The SMILES string of the molecule is C=C/C(=C\N=C(/N)NCC1(c2ncccc2F)CCC1)NC(=O)c1nccs1. The number of nitrogens with one attached hydrogen (secondary N) is 2. The monoisotopic (exact) mass is 400 g/mol. The molecule has 146 valence electrons. The summed E-state index contributed by atoms with van der Waals surface area (Å²) in [6.07, 6.45) is 8.68. The summed E-state index contributed by atoms with van der Waals surface area (Å²) >= 11 is 1.23. The van der Waals surface area contributed by atoms with Crippen molar-refractivity contribution in [3.63, 3.8) is 0 Å². The maximum atomic E-state index is 14.2. The number of halogens is 1. The summed E-state index contributed by atoms with van der Waals surface area (Å²) in [5, 5.41) is 7.74. The zero-order valence-electron chi connectivity index (χ0n) is 15.2. The van der Waals surface area contributed by atoms with Gasteiger partial charge in [0.05, 0.1) is 17.6 Å². The van der Waals surface area contributed by atoms with Gasteiger partial charge in [-0.1, -0.05) is 13.0 Å². The van der Waals surface area contributed by atoms with Gasteiger partial charge in [0.25, 0.3) is 5.91 Å². The van der Waals surface area contributed by atoms with Crippen molar-refractivity contribution in [2.24, 2.45) is 10.7 Å². The minimum absolute atomic E-state index is 0.158. The number of carbonyl (C=O) groups is 1. The first kappa shape index (κ1) is 19.7. The summed E-state index contributed by atoms with van der Waals surface area (Å²) in [6.45, 7) is 4.08. The number of nitrogens with two attached hydrogens (primary N) is 1. The molecule has 2 heterocycles. The molecule has 1 aliphatic rings. The van der Waals surface area contributed by atoms with Crippen LogP contribution in [0, 0.1) is 5.82 Å². The van der Waals surface area contributed by atoms with E-state index >= 15 is 0 Å². The van der Waals surface area contributed by atoms with Gasteiger partial charge >= 0.3 is 0 Å². The van der Waals surface area contributed by atoms with Crippen LogP contribution in [0.2, 0.25) is 0 Å². The molecule has 0 spiro atoms. The van der Waals surface area contributed by atoms with Gasteiger partial charge in [-0.3, -0.25) is 9.78 Å². The number of guanidine groups is 1. The van der Waals surface area contributed by atoms with Gasteiger partial charge in [0, 0.05) is 29.7 Å². The number of aliphatic imine (C=N–C) groups is 1. The Morgan fingerprint density at radius 1 is 1.43 bits per heavy atom. The summed E-state index contributed by atoms with van der Waals surface area (Å²) < 4.78 is 14.2. The number of aromatic nitrogens is 2. The number of rotatable bonds is 7. The first-order valence-corrected chi connectivity index (χ1v) is 9.64. The molecule has 3 rings (SSSR count). The van der Waals surface area contributed by atoms with Crippen LogP contribution in [0.15, 0.2) is 59.5 Å². The molecule has 4 N–H and O–H groups in total. The van der Waals surface area contributed by atoms with E-state index in [2.05, 4.69) is 32.2 Å². The molecule has 1 aliphatic carbocycles. The molecule has 0 bridgehead atoms. The molecule has 2 aromatic rings. The third-order valence-electron chi connectivity index (χ3n) is 4.63. The summed E-state index contributed by atoms with van der Waals surface area (Å²) in [6, 6.07) is 3.00. The standard InChI is InChI=1S/C19H21FN6OS/c1-2-13(26-16(27)17-23-9-10-28-17)11-24-18(21)25-12-19(6-4-7-19)15-14(20)5-3-8-22-15/h2-3,5,8-11H,1,4,6-7,12H2,(H,26,27)(H3,21,24,25)/b13-11+. The van der Waals surface area contributed by atoms with E-state index in [0.717, 1.165) is 19.3 Å². The molecule has 0 aromatic carbocycles. The first-order valence-electron chi connectivity index (χ1n) is 8.76. The van der Waals surface area contributed by atoms with Crippen molar-refractivity contribution in [1.29, 1.82) is 0 Å². The molecule has 0 aliphatic heterocycles. The van der Waals surface area contributed by atoms with Crippen LogP contribution in [0.4, 0.5) is 4.39 Å². The minimum atomic E-state index is -0.379. The van der Waals surface area contributed by atoms with E-state index in [9.17, 15) is 9.18 Å². The molecule has 28 heavy (non-hydrogen) atoms. The van der Waals surface area contributed by atoms with Crippen molar-refractivity contribution in [1.82, 2.24) is 20.6 Å². The fourth-order valence-corrected chi connectivity index (χ4v) is 3.51. The molecule has 0 saturated heterocycles. The van der Waals surface area contributed by atoms with Crippen LogP contribution in [-0.2, 0) is 5.41 Å². The Morgan fingerprint density at radius 2 is 2.25 bits per heavy atom. The average Bonchev–Trinajstić information content (AvgIpc) is 3.20. The fraction of sp³-hybridized carbons (Fsp3) is 0.263. The third-order valence-corrected chi connectivity index (χ3v) is 5.40. The lowest BCUT2D eigenvalue weighted by Gasteiger charge is -2.41. The fourth-order valence-electron chi connectivity index (χ4n) is 2.98. The second-order valence-corrected chi connectivity index (χ2v) is 7.31. The molecule has 1 amide bonds. The van der Waals surface area contributed by atoms with Gasteiger partial charge in [0.1, 0.15) is 5.82 Å². The van der Waals surface area contributed by atoms with Crippen molar-refractivity contribution in [2.75, 3.05) is 6.54 Å². The molecule has 0 unspecified atom stereocenters. The number of hydrogen-bond acceptors (Lipinski definition) is 5. The summed E-state index contributed by atoms with van der Waals surface area (Å²) in [7, 11) is 0. The van der Waals surface area contributed by atoms with Gasteiger partial charge in [-0.05, 0) is 31.1 Å². The highest BCUT2D eigenvalue weighted by atomic mass is 32.1. The Kier molecular flexibility index (Phi) is 6.15. The van der Waals surface area contributed by atoms with Crippen molar-refractivity contribution in [3.05, 3.63) is 71.0 Å². The normalized spacial score (nSPS) is 16.2. The maximum Gasteiger partial charge on any atom is 0.284 e. The van der Waals surface area contributed by atoms with E-state index in [1.54, 1.807) is 23.8 Å². The van der Waals surface area contributed by atoms with Crippen LogP contribution in [-0.4, -0.2) is 28.4 Å². The largest absolute Gasteiger partial charge is 0.370 e. The number of allylic oxidation sites excluding steroid dienone is 1. The Labute approximate surface area is 166 Å². The summed E-state index contributed by atoms with van der Waals surface area (Å²) in [4.78, 5) is 24.3. The van der Waals surface area contributed by atoms with Gasteiger partial charge in [-0.2, -0.15) is 0 Å². The van der Waals surface area contributed by atoms with E-state index in [-0.39, 0.29) is 23.1 Å². The van der Waals surface area contributed by atoms with Crippen LogP contribution in [0.5, 0.6) is 0 Å². The first-order chi connectivity index (χ1) is 13.5. The molecular formula is C19H21FN6OS. The van der Waals surface area contributed by atoms with E-state index in [4.69, 9.17) is 5.73 Å².